The van der Waals surface area contributed by atoms with Crippen molar-refractivity contribution in [1.29, 1.82) is 10.8 Å². The molecule has 58 valence electrons. The van der Waals surface area contributed by atoms with Gasteiger partial charge in [-0.2, -0.15) is 0 Å². The molecule has 0 radical (unpaired) electrons. The van der Waals surface area contributed by atoms with E-state index in [0.717, 1.165) is 19.3 Å². The van der Waals surface area contributed by atoms with Gasteiger partial charge < -0.3 is 5.32 Å². The fraction of sp³-hybridized carbons (Fsp3) is 0.714. The van der Waals surface area contributed by atoms with Crippen LogP contribution in [0.5, 0.6) is 0 Å². The molecule has 0 saturated heterocycles. The van der Waals surface area contributed by atoms with Gasteiger partial charge in [0, 0.05) is 6.42 Å². The maximum Gasteiger partial charge on any atom is 0.0984 e. The monoisotopic (exact) mass is 141 g/mol. The SMILES string of the molecule is CCCCC(=N)NC(C)=N. The smallest absolute Gasteiger partial charge is 0.0984 e. The molecule has 0 amide bonds. The molecule has 0 aliphatic carbocycles. The average Bonchev–Trinajstić information content (AvgIpc) is 1.82. The van der Waals surface area contributed by atoms with Crippen molar-refractivity contribution in [3.8, 4) is 0 Å². The van der Waals surface area contributed by atoms with Gasteiger partial charge in [0.15, 0.2) is 0 Å². The minimum absolute atomic E-state index is 0.348. The van der Waals surface area contributed by atoms with Crippen LogP contribution in [0.25, 0.3) is 0 Å². The van der Waals surface area contributed by atoms with Crippen LogP contribution in [0, 0.1) is 10.8 Å². The second kappa shape index (κ2) is 4.97. The minimum Gasteiger partial charge on any atom is -0.333 e. The molecular formula is C7H15N3. The third-order valence-electron chi connectivity index (χ3n) is 1.12. The molecule has 0 heterocycles. The molecule has 0 rings (SSSR count). The van der Waals surface area contributed by atoms with Gasteiger partial charge in [-0.1, -0.05) is 13.3 Å². The number of amidine groups is 2. The van der Waals surface area contributed by atoms with Crippen molar-refractivity contribution in [3.05, 3.63) is 0 Å². The van der Waals surface area contributed by atoms with Crippen LogP contribution in [-0.2, 0) is 0 Å². The molecule has 0 aromatic rings. The highest BCUT2D eigenvalue weighted by Crippen LogP contribution is 1.92. The maximum atomic E-state index is 7.27. The van der Waals surface area contributed by atoms with Crippen molar-refractivity contribution in [1.82, 2.24) is 5.32 Å². The molecule has 10 heavy (non-hydrogen) atoms. The lowest BCUT2D eigenvalue weighted by atomic mass is 10.2. The highest BCUT2D eigenvalue weighted by atomic mass is 15.0. The first-order valence-corrected chi connectivity index (χ1v) is 3.56. The first-order valence-electron chi connectivity index (χ1n) is 3.56. The lowest BCUT2D eigenvalue weighted by molar-refractivity contribution is 0.821. The fourth-order valence-electron chi connectivity index (χ4n) is 0.642. The summed E-state index contributed by atoms with van der Waals surface area (Å²) >= 11 is 0. The Morgan fingerprint density at radius 1 is 1.40 bits per heavy atom. The molecule has 3 N–H and O–H groups in total. The van der Waals surface area contributed by atoms with Gasteiger partial charge in [-0.3, -0.25) is 10.8 Å². The van der Waals surface area contributed by atoms with E-state index in [2.05, 4.69) is 12.2 Å². The Bertz CT molecular complexity index is 129. The van der Waals surface area contributed by atoms with E-state index in [-0.39, 0.29) is 0 Å². The molecule has 3 nitrogen and oxygen atoms in total. The molecule has 3 heteroatoms. The van der Waals surface area contributed by atoms with Crippen LogP contribution in [0.2, 0.25) is 0 Å². The summed E-state index contributed by atoms with van der Waals surface area (Å²) in [6.45, 7) is 3.73. The lowest BCUT2D eigenvalue weighted by Gasteiger charge is -2.03. The molecule has 0 aromatic carbocycles. The summed E-state index contributed by atoms with van der Waals surface area (Å²) in [5, 5.41) is 16.9. The van der Waals surface area contributed by atoms with E-state index in [1.54, 1.807) is 6.92 Å². The van der Waals surface area contributed by atoms with E-state index in [0.29, 0.717) is 11.7 Å². The molecule has 0 unspecified atom stereocenters. The van der Waals surface area contributed by atoms with E-state index in [9.17, 15) is 0 Å². The maximum absolute atomic E-state index is 7.27. The summed E-state index contributed by atoms with van der Waals surface area (Å²) in [5.74, 6) is 0.801. The predicted molar refractivity (Wildman–Crippen MR) is 43.8 cm³/mol. The molecule has 0 bridgehead atoms. The van der Waals surface area contributed by atoms with Gasteiger partial charge in [0.05, 0.1) is 11.7 Å². The summed E-state index contributed by atoms with van der Waals surface area (Å²) in [5.41, 5.74) is 0. The lowest BCUT2D eigenvalue weighted by Crippen LogP contribution is -2.26. The largest absolute Gasteiger partial charge is 0.333 e. The zero-order valence-electron chi connectivity index (χ0n) is 6.62. The number of hydrogen-bond acceptors (Lipinski definition) is 2. The number of unbranched alkanes of at least 4 members (excludes halogenated alkanes) is 1. The quantitative estimate of drug-likeness (QED) is 0.407. The standard InChI is InChI=1S/C7H15N3/c1-3-4-5-7(9)10-6(2)8/h3-5H2,1-2H3,(H3,8,9,10). The third kappa shape index (κ3) is 5.28. The van der Waals surface area contributed by atoms with E-state index < -0.39 is 0 Å². The van der Waals surface area contributed by atoms with Crippen LogP contribution in [0.4, 0.5) is 0 Å². The van der Waals surface area contributed by atoms with Gasteiger partial charge in [0.25, 0.3) is 0 Å². The van der Waals surface area contributed by atoms with Crippen molar-refractivity contribution in [2.24, 2.45) is 0 Å². The Kier molecular flexibility index (Phi) is 4.54. The Balaban J connectivity index is 3.35. The second-order valence-electron chi connectivity index (χ2n) is 2.33. The average molecular weight is 141 g/mol. The molecule has 0 aromatic heterocycles. The Labute approximate surface area is 61.8 Å². The molecule has 0 spiro atoms. The summed E-state index contributed by atoms with van der Waals surface area (Å²) in [4.78, 5) is 0. The highest BCUT2D eigenvalue weighted by Gasteiger charge is 1.93. The Morgan fingerprint density at radius 2 is 2.00 bits per heavy atom. The number of hydrogen-bond donors (Lipinski definition) is 3. The van der Waals surface area contributed by atoms with Crippen molar-refractivity contribution in [2.45, 2.75) is 33.1 Å². The topological polar surface area (TPSA) is 59.7 Å². The van der Waals surface area contributed by atoms with Gasteiger partial charge >= 0.3 is 0 Å². The van der Waals surface area contributed by atoms with E-state index in [4.69, 9.17) is 10.8 Å². The summed E-state index contributed by atoms with van der Waals surface area (Å²) < 4.78 is 0. The van der Waals surface area contributed by atoms with Gasteiger partial charge in [-0.25, -0.2) is 0 Å². The summed E-state index contributed by atoms with van der Waals surface area (Å²) in [7, 11) is 0. The van der Waals surface area contributed by atoms with Crippen LogP contribution in [0.15, 0.2) is 0 Å². The number of nitrogens with one attached hydrogen (secondary N) is 3. The zero-order chi connectivity index (χ0) is 7.98. The third-order valence-corrected chi connectivity index (χ3v) is 1.12. The number of rotatable bonds is 3. The second-order valence-corrected chi connectivity index (χ2v) is 2.33. The molecule has 0 saturated carbocycles. The normalized spacial score (nSPS) is 9.00. The molecule has 0 fully saturated rings. The Morgan fingerprint density at radius 3 is 2.40 bits per heavy atom. The van der Waals surface area contributed by atoms with Gasteiger partial charge in [-0.15, -0.1) is 0 Å². The summed E-state index contributed by atoms with van der Waals surface area (Å²) in [6, 6.07) is 0. The van der Waals surface area contributed by atoms with Gasteiger partial charge in [0.2, 0.25) is 0 Å². The highest BCUT2D eigenvalue weighted by molar-refractivity contribution is 5.96. The van der Waals surface area contributed by atoms with Crippen LogP contribution in [-0.4, -0.2) is 11.7 Å². The zero-order valence-corrected chi connectivity index (χ0v) is 6.62. The van der Waals surface area contributed by atoms with Crippen LogP contribution < -0.4 is 5.32 Å². The first kappa shape index (κ1) is 9.14. The summed E-state index contributed by atoms with van der Waals surface area (Å²) in [6.07, 6.45) is 2.88. The minimum atomic E-state index is 0.348. The Hall–Kier alpha value is -0.860. The van der Waals surface area contributed by atoms with E-state index in [1.165, 1.54) is 0 Å². The van der Waals surface area contributed by atoms with Crippen molar-refractivity contribution < 1.29 is 0 Å². The van der Waals surface area contributed by atoms with Gasteiger partial charge in [-0.05, 0) is 13.3 Å². The van der Waals surface area contributed by atoms with Crippen LogP contribution >= 0.6 is 0 Å². The van der Waals surface area contributed by atoms with Crippen LogP contribution in [0.1, 0.15) is 33.1 Å². The molecular weight excluding hydrogens is 126 g/mol. The van der Waals surface area contributed by atoms with Crippen molar-refractivity contribution in [2.75, 3.05) is 0 Å². The molecule has 0 atom stereocenters. The van der Waals surface area contributed by atoms with E-state index in [1.807, 2.05) is 0 Å². The van der Waals surface area contributed by atoms with Crippen molar-refractivity contribution >= 4 is 11.7 Å². The van der Waals surface area contributed by atoms with Crippen molar-refractivity contribution in [3.63, 3.8) is 0 Å². The predicted octanol–water partition coefficient (Wildman–Crippen LogP) is 1.74. The van der Waals surface area contributed by atoms with E-state index >= 15 is 0 Å². The van der Waals surface area contributed by atoms with Crippen LogP contribution in [0.3, 0.4) is 0 Å². The molecule has 0 aliphatic rings. The molecule has 0 aliphatic heterocycles. The fourth-order valence-corrected chi connectivity index (χ4v) is 0.642. The van der Waals surface area contributed by atoms with Gasteiger partial charge in [0.1, 0.15) is 0 Å². The first-order chi connectivity index (χ1) is 4.66.